The third-order valence-electron chi connectivity index (χ3n) is 4.49. The van der Waals surface area contributed by atoms with E-state index < -0.39 is 6.10 Å². The van der Waals surface area contributed by atoms with Crippen LogP contribution in [0.3, 0.4) is 0 Å². The quantitative estimate of drug-likeness (QED) is 0.574. The molecule has 0 aliphatic heterocycles. The third kappa shape index (κ3) is 5.87. The van der Waals surface area contributed by atoms with Crippen LogP contribution >= 0.6 is 0 Å². The Morgan fingerprint density at radius 3 is 2.64 bits per heavy atom. The maximum Gasteiger partial charge on any atom is 0.122 e. The van der Waals surface area contributed by atoms with Crippen molar-refractivity contribution in [3.8, 4) is 11.5 Å². The van der Waals surface area contributed by atoms with Crippen molar-refractivity contribution in [3.63, 3.8) is 0 Å². The molecule has 0 saturated heterocycles. The molecule has 0 unspecified atom stereocenters. The summed E-state index contributed by atoms with van der Waals surface area (Å²) in [6.45, 7) is 3.96. The normalized spacial score (nSPS) is 12.1. The second-order valence-electron chi connectivity index (χ2n) is 6.83. The molecule has 28 heavy (non-hydrogen) atoms. The molecule has 3 rings (SSSR count). The SMILES string of the molecule is COc1cccc(CN(Cc2ccco2)C[C@H](O)COc2ccccc2C)c1. The van der Waals surface area contributed by atoms with Gasteiger partial charge in [-0.15, -0.1) is 0 Å². The summed E-state index contributed by atoms with van der Waals surface area (Å²) in [4.78, 5) is 2.14. The number of para-hydroxylation sites is 1. The number of hydrogen-bond acceptors (Lipinski definition) is 5. The number of aliphatic hydroxyl groups excluding tert-OH is 1. The lowest BCUT2D eigenvalue weighted by Gasteiger charge is -2.25. The molecule has 3 aromatic rings. The molecule has 0 aliphatic carbocycles. The number of aliphatic hydroxyl groups is 1. The molecule has 1 heterocycles. The second-order valence-corrected chi connectivity index (χ2v) is 6.83. The molecule has 0 radical (unpaired) electrons. The van der Waals surface area contributed by atoms with Crippen LogP contribution in [-0.4, -0.2) is 36.4 Å². The summed E-state index contributed by atoms with van der Waals surface area (Å²) in [6, 6.07) is 19.6. The van der Waals surface area contributed by atoms with Gasteiger partial charge in [0, 0.05) is 13.1 Å². The molecular weight excluding hydrogens is 354 g/mol. The summed E-state index contributed by atoms with van der Waals surface area (Å²) < 4.78 is 16.6. The first-order valence-corrected chi connectivity index (χ1v) is 9.38. The van der Waals surface area contributed by atoms with Crippen molar-refractivity contribution in [3.05, 3.63) is 83.8 Å². The van der Waals surface area contributed by atoms with Crippen LogP contribution in [0.2, 0.25) is 0 Å². The fourth-order valence-corrected chi connectivity index (χ4v) is 3.09. The number of ether oxygens (including phenoxy) is 2. The van der Waals surface area contributed by atoms with Crippen molar-refractivity contribution in [1.29, 1.82) is 0 Å². The van der Waals surface area contributed by atoms with Gasteiger partial charge in [-0.1, -0.05) is 30.3 Å². The summed E-state index contributed by atoms with van der Waals surface area (Å²) in [6.07, 6.45) is 1.04. The number of methoxy groups -OCH3 is 1. The van der Waals surface area contributed by atoms with Gasteiger partial charge in [0.15, 0.2) is 0 Å². The van der Waals surface area contributed by atoms with Gasteiger partial charge in [-0.05, 0) is 48.4 Å². The Hall–Kier alpha value is -2.76. The number of hydrogen-bond donors (Lipinski definition) is 1. The van der Waals surface area contributed by atoms with Crippen molar-refractivity contribution in [2.75, 3.05) is 20.3 Å². The molecule has 2 aromatic carbocycles. The highest BCUT2D eigenvalue weighted by molar-refractivity contribution is 5.31. The molecule has 0 saturated carbocycles. The van der Waals surface area contributed by atoms with Gasteiger partial charge in [0.25, 0.3) is 0 Å². The Balaban J connectivity index is 1.63. The van der Waals surface area contributed by atoms with Crippen molar-refractivity contribution >= 4 is 0 Å². The van der Waals surface area contributed by atoms with Crippen LogP contribution in [-0.2, 0) is 13.1 Å². The van der Waals surface area contributed by atoms with Gasteiger partial charge in [0.1, 0.15) is 30.0 Å². The molecule has 0 spiro atoms. The lowest BCUT2D eigenvalue weighted by Crippen LogP contribution is -2.35. The Labute approximate surface area is 166 Å². The van der Waals surface area contributed by atoms with Crippen LogP contribution in [0.4, 0.5) is 0 Å². The van der Waals surface area contributed by atoms with Crippen molar-refractivity contribution in [2.24, 2.45) is 0 Å². The zero-order valence-corrected chi connectivity index (χ0v) is 16.4. The van der Waals surface area contributed by atoms with E-state index in [0.717, 1.165) is 28.4 Å². The molecule has 5 heteroatoms. The molecule has 1 N–H and O–H groups in total. The van der Waals surface area contributed by atoms with Crippen molar-refractivity contribution < 1.29 is 19.0 Å². The predicted octanol–water partition coefficient (Wildman–Crippen LogP) is 4.04. The first-order valence-electron chi connectivity index (χ1n) is 9.38. The zero-order chi connectivity index (χ0) is 19.8. The lowest BCUT2D eigenvalue weighted by atomic mass is 10.2. The van der Waals surface area contributed by atoms with Crippen LogP contribution in [0.25, 0.3) is 0 Å². The average molecular weight is 381 g/mol. The molecule has 0 bridgehead atoms. The molecule has 0 amide bonds. The first-order chi connectivity index (χ1) is 13.6. The van der Waals surface area contributed by atoms with E-state index in [9.17, 15) is 5.11 Å². The van der Waals surface area contributed by atoms with E-state index in [1.807, 2.05) is 67.6 Å². The molecule has 5 nitrogen and oxygen atoms in total. The standard InChI is InChI=1S/C23H27NO4/c1-18-7-3-4-11-23(18)28-17-20(25)15-24(16-22-10-6-12-27-22)14-19-8-5-9-21(13-19)26-2/h3-13,20,25H,14-17H2,1-2H3/t20-/m0/s1. The van der Waals surface area contributed by atoms with E-state index in [1.165, 1.54) is 0 Å². The topological polar surface area (TPSA) is 55.1 Å². The largest absolute Gasteiger partial charge is 0.497 e. The number of aryl methyl sites for hydroxylation is 1. The predicted molar refractivity (Wildman–Crippen MR) is 108 cm³/mol. The molecule has 148 valence electrons. The van der Waals surface area contributed by atoms with E-state index in [2.05, 4.69) is 4.90 Å². The van der Waals surface area contributed by atoms with E-state index >= 15 is 0 Å². The molecule has 1 aromatic heterocycles. The zero-order valence-electron chi connectivity index (χ0n) is 16.4. The summed E-state index contributed by atoms with van der Waals surface area (Å²) in [5, 5.41) is 10.6. The van der Waals surface area contributed by atoms with Gasteiger partial charge >= 0.3 is 0 Å². The number of benzene rings is 2. The summed E-state index contributed by atoms with van der Waals surface area (Å²) in [7, 11) is 1.66. The Morgan fingerprint density at radius 2 is 1.89 bits per heavy atom. The van der Waals surface area contributed by atoms with Gasteiger partial charge in [0.2, 0.25) is 0 Å². The highest BCUT2D eigenvalue weighted by Gasteiger charge is 2.15. The van der Waals surface area contributed by atoms with Gasteiger partial charge in [-0.3, -0.25) is 4.90 Å². The smallest absolute Gasteiger partial charge is 0.122 e. The van der Waals surface area contributed by atoms with E-state index in [0.29, 0.717) is 19.6 Å². The van der Waals surface area contributed by atoms with Gasteiger partial charge in [0.05, 0.1) is 19.9 Å². The average Bonchev–Trinajstić information content (AvgIpc) is 3.20. The monoisotopic (exact) mass is 381 g/mol. The van der Waals surface area contributed by atoms with Gasteiger partial charge < -0.3 is 19.0 Å². The van der Waals surface area contributed by atoms with Crippen molar-refractivity contribution in [1.82, 2.24) is 4.90 Å². The van der Waals surface area contributed by atoms with Gasteiger partial charge in [-0.25, -0.2) is 0 Å². The maximum atomic E-state index is 10.6. The summed E-state index contributed by atoms with van der Waals surface area (Å²) in [5.41, 5.74) is 2.16. The van der Waals surface area contributed by atoms with Crippen LogP contribution in [0.1, 0.15) is 16.9 Å². The van der Waals surface area contributed by atoms with Gasteiger partial charge in [-0.2, -0.15) is 0 Å². The Kier molecular flexibility index (Phi) is 7.12. The molecular formula is C23H27NO4. The highest BCUT2D eigenvalue weighted by atomic mass is 16.5. The lowest BCUT2D eigenvalue weighted by molar-refractivity contribution is 0.0602. The Bertz CT molecular complexity index is 847. The molecule has 1 atom stereocenters. The Morgan fingerprint density at radius 1 is 1.04 bits per heavy atom. The van der Waals surface area contributed by atoms with Crippen LogP contribution in [0, 0.1) is 6.92 Å². The molecule has 0 fully saturated rings. The van der Waals surface area contributed by atoms with E-state index in [4.69, 9.17) is 13.9 Å². The van der Waals surface area contributed by atoms with E-state index in [1.54, 1.807) is 13.4 Å². The van der Waals surface area contributed by atoms with Crippen LogP contribution in [0.15, 0.2) is 71.3 Å². The summed E-state index contributed by atoms with van der Waals surface area (Å²) in [5.74, 6) is 2.47. The van der Waals surface area contributed by atoms with Crippen molar-refractivity contribution in [2.45, 2.75) is 26.1 Å². The fraction of sp³-hybridized carbons (Fsp3) is 0.304. The maximum absolute atomic E-state index is 10.6. The minimum atomic E-state index is -0.625. The minimum absolute atomic E-state index is 0.234. The first kappa shape index (κ1) is 20.0. The van der Waals surface area contributed by atoms with E-state index in [-0.39, 0.29) is 6.61 Å². The molecule has 0 aliphatic rings. The number of nitrogens with zero attached hydrogens (tertiary/aromatic N) is 1. The highest BCUT2D eigenvalue weighted by Crippen LogP contribution is 2.18. The summed E-state index contributed by atoms with van der Waals surface area (Å²) >= 11 is 0. The third-order valence-corrected chi connectivity index (χ3v) is 4.49. The number of furan rings is 1. The minimum Gasteiger partial charge on any atom is -0.497 e. The van der Waals surface area contributed by atoms with Crippen LogP contribution < -0.4 is 9.47 Å². The fourth-order valence-electron chi connectivity index (χ4n) is 3.09. The second kappa shape index (κ2) is 9.97. The number of rotatable bonds is 10. The van der Waals surface area contributed by atoms with Crippen LogP contribution in [0.5, 0.6) is 11.5 Å².